The summed E-state index contributed by atoms with van der Waals surface area (Å²) in [6.07, 6.45) is 0. The molecule has 0 aromatic heterocycles. The highest BCUT2D eigenvalue weighted by Gasteiger charge is 2.34. The van der Waals surface area contributed by atoms with Crippen molar-refractivity contribution in [3.63, 3.8) is 0 Å². The Morgan fingerprint density at radius 2 is 1.22 bits per heavy atom. The van der Waals surface area contributed by atoms with Crippen molar-refractivity contribution in [2.24, 2.45) is 5.14 Å². The van der Waals surface area contributed by atoms with Crippen LogP contribution in [0.2, 0.25) is 0 Å². The molecule has 3 aromatic carbocycles. The van der Waals surface area contributed by atoms with Gasteiger partial charge in [0.25, 0.3) is 10.0 Å². The average Bonchev–Trinajstić information content (AvgIpc) is 2.67. The topological polar surface area (TPSA) is 138 Å². The SMILES string of the molecule is Cc1c(F)cccc1N(c1cccc(F)c1C)S(=O)(=O)c1cc(S(N)(=O)=O)c(O)cc1O. The Balaban J connectivity index is 2.43. The van der Waals surface area contributed by atoms with Crippen LogP contribution in [-0.4, -0.2) is 27.0 Å². The standard InChI is InChI=1S/C20H18F2N2O6S2/c1-11-13(21)5-3-7-15(11)24(16-8-4-6-14(22)12(16)2)32(29,30)20-10-19(31(23,27)28)17(25)9-18(20)26/h3-10,25-26H,1-2H3,(H2,23,27,28). The summed E-state index contributed by atoms with van der Waals surface area (Å²) in [5.41, 5.74) is -0.624. The van der Waals surface area contributed by atoms with Gasteiger partial charge in [0.15, 0.2) is 0 Å². The van der Waals surface area contributed by atoms with Gasteiger partial charge in [0, 0.05) is 17.2 Å². The summed E-state index contributed by atoms with van der Waals surface area (Å²) < 4.78 is 80.1. The molecule has 0 spiro atoms. The van der Waals surface area contributed by atoms with E-state index in [1.807, 2.05) is 0 Å². The fourth-order valence-electron chi connectivity index (χ4n) is 3.09. The first kappa shape index (κ1) is 23.4. The second-order valence-electron chi connectivity index (χ2n) is 6.87. The number of aromatic hydroxyl groups is 2. The second kappa shape index (κ2) is 8.04. The molecule has 12 heteroatoms. The van der Waals surface area contributed by atoms with Gasteiger partial charge in [-0.1, -0.05) is 12.1 Å². The van der Waals surface area contributed by atoms with E-state index < -0.39 is 53.0 Å². The molecule has 0 saturated heterocycles. The molecule has 0 fully saturated rings. The number of sulfonamides is 2. The highest BCUT2D eigenvalue weighted by molar-refractivity contribution is 7.93. The lowest BCUT2D eigenvalue weighted by molar-refractivity contribution is 0.430. The lowest BCUT2D eigenvalue weighted by atomic mass is 10.1. The van der Waals surface area contributed by atoms with Gasteiger partial charge >= 0.3 is 0 Å². The van der Waals surface area contributed by atoms with Crippen LogP contribution in [0.3, 0.4) is 0 Å². The van der Waals surface area contributed by atoms with Crippen LogP contribution in [0.15, 0.2) is 58.3 Å². The number of nitrogens with zero attached hydrogens (tertiary/aromatic N) is 1. The van der Waals surface area contributed by atoms with Crippen molar-refractivity contribution in [3.05, 3.63) is 71.3 Å². The van der Waals surface area contributed by atoms with Crippen molar-refractivity contribution in [2.75, 3.05) is 4.31 Å². The predicted molar refractivity (Wildman–Crippen MR) is 113 cm³/mol. The number of hydrogen-bond donors (Lipinski definition) is 3. The molecule has 32 heavy (non-hydrogen) atoms. The lowest BCUT2D eigenvalue weighted by Crippen LogP contribution is -2.28. The Bertz CT molecular complexity index is 1390. The molecule has 0 saturated carbocycles. The quantitative estimate of drug-likeness (QED) is 0.509. The largest absolute Gasteiger partial charge is 0.506 e. The van der Waals surface area contributed by atoms with E-state index in [0.29, 0.717) is 16.4 Å². The van der Waals surface area contributed by atoms with E-state index in [1.165, 1.54) is 38.1 Å². The monoisotopic (exact) mass is 484 g/mol. The van der Waals surface area contributed by atoms with Crippen molar-refractivity contribution >= 4 is 31.4 Å². The highest BCUT2D eigenvalue weighted by atomic mass is 32.2. The highest BCUT2D eigenvalue weighted by Crippen LogP contribution is 2.41. The molecule has 0 unspecified atom stereocenters. The van der Waals surface area contributed by atoms with Gasteiger partial charge in [-0.2, -0.15) is 0 Å². The third kappa shape index (κ3) is 3.99. The molecule has 0 atom stereocenters. The van der Waals surface area contributed by atoms with Crippen LogP contribution >= 0.6 is 0 Å². The maximum Gasteiger partial charge on any atom is 0.272 e. The van der Waals surface area contributed by atoms with Crippen LogP contribution in [0.4, 0.5) is 20.2 Å². The summed E-state index contributed by atoms with van der Waals surface area (Å²) in [5.74, 6) is -3.48. The number of anilines is 2. The van der Waals surface area contributed by atoms with Crippen LogP contribution in [-0.2, 0) is 20.0 Å². The lowest BCUT2D eigenvalue weighted by Gasteiger charge is -2.28. The molecular formula is C20H18F2N2O6S2. The van der Waals surface area contributed by atoms with Gasteiger partial charge in [-0.25, -0.2) is 35.1 Å². The number of phenolic OH excluding ortho intramolecular Hbond substituents is 2. The van der Waals surface area contributed by atoms with Gasteiger partial charge in [-0.05, 0) is 44.2 Å². The molecule has 0 bridgehead atoms. The third-order valence-corrected chi connectivity index (χ3v) is 7.48. The maximum absolute atomic E-state index is 14.3. The molecular weight excluding hydrogens is 466 g/mol. The zero-order valence-electron chi connectivity index (χ0n) is 16.7. The van der Waals surface area contributed by atoms with Crippen LogP contribution in [0.1, 0.15) is 11.1 Å². The second-order valence-corrected chi connectivity index (χ2v) is 10.2. The van der Waals surface area contributed by atoms with Gasteiger partial charge in [0.05, 0.1) is 11.4 Å². The van der Waals surface area contributed by atoms with Crippen molar-refractivity contribution in [3.8, 4) is 11.5 Å². The molecule has 3 aromatic rings. The summed E-state index contributed by atoms with van der Waals surface area (Å²) in [6.45, 7) is 2.60. The van der Waals surface area contributed by atoms with Crippen LogP contribution in [0.5, 0.6) is 11.5 Å². The number of hydrogen-bond acceptors (Lipinski definition) is 6. The minimum absolute atomic E-state index is 0.107. The molecule has 0 aliphatic carbocycles. The smallest absolute Gasteiger partial charge is 0.272 e. The Morgan fingerprint density at radius 3 is 1.66 bits per heavy atom. The molecule has 4 N–H and O–H groups in total. The van der Waals surface area contributed by atoms with Crippen molar-refractivity contribution < 1.29 is 35.8 Å². The Hall–Kier alpha value is -3.22. The zero-order valence-corrected chi connectivity index (χ0v) is 18.4. The number of halogens is 2. The fraction of sp³-hybridized carbons (Fsp3) is 0.100. The first-order valence-corrected chi connectivity index (χ1v) is 11.9. The average molecular weight is 485 g/mol. The summed E-state index contributed by atoms with van der Waals surface area (Å²) in [5, 5.41) is 25.1. The van der Waals surface area contributed by atoms with E-state index in [4.69, 9.17) is 5.14 Å². The Morgan fingerprint density at radius 1 is 0.781 bits per heavy atom. The molecule has 0 radical (unpaired) electrons. The summed E-state index contributed by atoms with van der Waals surface area (Å²) >= 11 is 0. The summed E-state index contributed by atoms with van der Waals surface area (Å²) in [7, 11) is -9.48. The Kier molecular flexibility index (Phi) is 5.89. The molecule has 0 heterocycles. The van der Waals surface area contributed by atoms with Crippen molar-refractivity contribution in [2.45, 2.75) is 23.6 Å². The number of phenols is 2. The van der Waals surface area contributed by atoms with Gasteiger partial charge in [-0.3, -0.25) is 0 Å². The minimum Gasteiger partial charge on any atom is -0.506 e. The van der Waals surface area contributed by atoms with Crippen molar-refractivity contribution in [1.29, 1.82) is 0 Å². The maximum atomic E-state index is 14.3. The van der Waals surface area contributed by atoms with Gasteiger partial charge in [0.2, 0.25) is 10.0 Å². The number of benzene rings is 3. The molecule has 3 rings (SSSR count). The van der Waals surface area contributed by atoms with Crippen LogP contribution in [0.25, 0.3) is 0 Å². The minimum atomic E-state index is -4.90. The van der Waals surface area contributed by atoms with E-state index in [9.17, 15) is 35.8 Å². The molecule has 0 aliphatic rings. The van der Waals surface area contributed by atoms with E-state index in [-0.39, 0.29) is 22.5 Å². The first-order valence-electron chi connectivity index (χ1n) is 8.91. The summed E-state index contributed by atoms with van der Waals surface area (Å²) in [6, 6.07) is 8.17. The Labute approximate surface area is 183 Å². The van der Waals surface area contributed by atoms with E-state index in [1.54, 1.807) is 0 Å². The fourth-order valence-corrected chi connectivity index (χ4v) is 5.50. The predicted octanol–water partition coefficient (Wildman–Crippen LogP) is 3.17. The van der Waals surface area contributed by atoms with Gasteiger partial charge in [0.1, 0.15) is 32.9 Å². The first-order chi connectivity index (χ1) is 14.8. The molecule has 0 aliphatic heterocycles. The van der Waals surface area contributed by atoms with Crippen LogP contribution in [0, 0.1) is 25.5 Å². The van der Waals surface area contributed by atoms with Crippen LogP contribution < -0.4 is 9.44 Å². The number of rotatable bonds is 5. The van der Waals surface area contributed by atoms with E-state index in [2.05, 4.69) is 0 Å². The zero-order chi connectivity index (χ0) is 24.0. The third-order valence-electron chi connectivity index (χ3n) is 4.78. The van der Waals surface area contributed by atoms with Crippen molar-refractivity contribution in [1.82, 2.24) is 0 Å². The van der Waals surface area contributed by atoms with E-state index >= 15 is 0 Å². The molecule has 170 valence electrons. The normalized spacial score (nSPS) is 12.0. The summed E-state index contributed by atoms with van der Waals surface area (Å²) in [4.78, 5) is -1.91. The van der Waals surface area contributed by atoms with Gasteiger partial charge in [-0.15, -0.1) is 0 Å². The van der Waals surface area contributed by atoms with E-state index in [0.717, 1.165) is 12.1 Å². The molecule has 8 nitrogen and oxygen atoms in total. The number of primary sulfonamides is 1. The molecule has 0 amide bonds. The number of nitrogens with two attached hydrogens (primary N) is 1. The van der Waals surface area contributed by atoms with Gasteiger partial charge < -0.3 is 10.2 Å².